The largest absolute Gasteiger partial charge is 0.332 e. The average molecular weight is 342 g/mol. The van der Waals surface area contributed by atoms with Crippen LogP contribution in [-0.4, -0.2) is 36.9 Å². The zero-order valence-electron chi connectivity index (χ0n) is 13.3. The second-order valence-corrected chi connectivity index (χ2v) is 6.72. The van der Waals surface area contributed by atoms with E-state index in [-0.39, 0.29) is 6.03 Å². The SMILES string of the molecule is CN(Cc1ccc2nsnc2c1)C(=O)NCc1cc(C2CC2)n[nH]1. The molecule has 1 saturated carbocycles. The molecule has 7 nitrogen and oxygen atoms in total. The summed E-state index contributed by atoms with van der Waals surface area (Å²) < 4.78 is 8.41. The topological polar surface area (TPSA) is 86.8 Å². The van der Waals surface area contributed by atoms with E-state index in [0.29, 0.717) is 19.0 Å². The number of fused-ring (bicyclic) bond motifs is 1. The van der Waals surface area contributed by atoms with E-state index in [0.717, 1.165) is 28.0 Å². The highest BCUT2D eigenvalue weighted by Gasteiger charge is 2.26. The van der Waals surface area contributed by atoms with Gasteiger partial charge in [0.2, 0.25) is 0 Å². The lowest BCUT2D eigenvalue weighted by molar-refractivity contribution is 0.206. The van der Waals surface area contributed by atoms with Crippen molar-refractivity contribution in [3.63, 3.8) is 0 Å². The molecule has 1 aromatic carbocycles. The van der Waals surface area contributed by atoms with Crippen molar-refractivity contribution in [2.45, 2.75) is 31.8 Å². The molecule has 2 N–H and O–H groups in total. The van der Waals surface area contributed by atoms with Gasteiger partial charge in [-0.3, -0.25) is 5.10 Å². The number of carbonyl (C=O) groups is 1. The molecule has 2 amide bonds. The summed E-state index contributed by atoms with van der Waals surface area (Å²) in [5, 5.41) is 10.2. The third-order valence-corrected chi connectivity index (χ3v) is 4.72. The zero-order chi connectivity index (χ0) is 16.5. The fourth-order valence-electron chi connectivity index (χ4n) is 2.64. The number of aromatic amines is 1. The van der Waals surface area contributed by atoms with Crippen molar-refractivity contribution in [3.8, 4) is 0 Å². The smallest absolute Gasteiger partial charge is 0.317 e. The maximum absolute atomic E-state index is 12.2. The summed E-state index contributed by atoms with van der Waals surface area (Å²) in [6.45, 7) is 0.980. The van der Waals surface area contributed by atoms with Crippen LogP contribution in [0, 0.1) is 0 Å². The molecule has 0 saturated heterocycles. The van der Waals surface area contributed by atoms with Crippen LogP contribution in [0.1, 0.15) is 35.7 Å². The first-order valence-corrected chi connectivity index (χ1v) is 8.66. The maximum Gasteiger partial charge on any atom is 0.317 e. The summed E-state index contributed by atoms with van der Waals surface area (Å²) in [6, 6.07) is 7.81. The molecule has 0 radical (unpaired) electrons. The third-order valence-electron chi connectivity index (χ3n) is 4.16. The number of hydrogen-bond donors (Lipinski definition) is 2. The minimum atomic E-state index is -0.117. The molecular formula is C16H18N6OS. The van der Waals surface area contributed by atoms with Gasteiger partial charge in [0.25, 0.3) is 0 Å². The van der Waals surface area contributed by atoms with Gasteiger partial charge in [-0.2, -0.15) is 13.8 Å². The number of rotatable bonds is 5. The second kappa shape index (κ2) is 6.20. The Morgan fingerprint density at radius 2 is 2.17 bits per heavy atom. The Balaban J connectivity index is 1.32. The monoisotopic (exact) mass is 342 g/mol. The lowest BCUT2D eigenvalue weighted by atomic mass is 10.2. The van der Waals surface area contributed by atoms with E-state index in [2.05, 4.69) is 24.3 Å². The molecule has 0 bridgehead atoms. The van der Waals surface area contributed by atoms with Gasteiger partial charge in [0.15, 0.2) is 0 Å². The summed E-state index contributed by atoms with van der Waals surface area (Å²) >= 11 is 1.20. The Labute approximate surface area is 143 Å². The molecule has 0 aliphatic heterocycles. The molecule has 8 heteroatoms. The van der Waals surface area contributed by atoms with E-state index in [9.17, 15) is 4.79 Å². The predicted molar refractivity (Wildman–Crippen MR) is 91.7 cm³/mol. The lowest BCUT2D eigenvalue weighted by Gasteiger charge is -2.17. The van der Waals surface area contributed by atoms with Crippen molar-refractivity contribution in [1.29, 1.82) is 0 Å². The van der Waals surface area contributed by atoms with E-state index in [1.165, 1.54) is 24.6 Å². The summed E-state index contributed by atoms with van der Waals surface area (Å²) in [7, 11) is 1.78. The maximum atomic E-state index is 12.2. The molecule has 3 aromatic rings. The highest BCUT2D eigenvalue weighted by Crippen LogP contribution is 2.38. The molecule has 2 aromatic heterocycles. The Hall–Kier alpha value is -2.48. The third kappa shape index (κ3) is 3.23. The van der Waals surface area contributed by atoms with Crippen LogP contribution in [0.25, 0.3) is 11.0 Å². The molecule has 1 aliphatic rings. The summed E-state index contributed by atoms with van der Waals surface area (Å²) in [5.74, 6) is 0.614. The Morgan fingerprint density at radius 3 is 3.00 bits per heavy atom. The molecule has 2 heterocycles. The quantitative estimate of drug-likeness (QED) is 0.746. The van der Waals surface area contributed by atoms with Gasteiger partial charge >= 0.3 is 6.03 Å². The molecule has 1 aliphatic carbocycles. The van der Waals surface area contributed by atoms with Gasteiger partial charge in [-0.05, 0) is 36.6 Å². The molecule has 0 unspecified atom stereocenters. The van der Waals surface area contributed by atoms with Crippen LogP contribution in [0.5, 0.6) is 0 Å². The van der Waals surface area contributed by atoms with Gasteiger partial charge in [-0.1, -0.05) is 6.07 Å². The van der Waals surface area contributed by atoms with Gasteiger partial charge < -0.3 is 10.2 Å². The van der Waals surface area contributed by atoms with E-state index < -0.39 is 0 Å². The van der Waals surface area contributed by atoms with Crippen LogP contribution >= 0.6 is 11.7 Å². The minimum Gasteiger partial charge on any atom is -0.332 e. The van der Waals surface area contributed by atoms with Crippen LogP contribution in [0.15, 0.2) is 24.3 Å². The summed E-state index contributed by atoms with van der Waals surface area (Å²) in [6.07, 6.45) is 2.44. The molecule has 1 fully saturated rings. The number of carbonyl (C=O) groups excluding carboxylic acids is 1. The normalized spacial score (nSPS) is 14.0. The Kier molecular flexibility index (Phi) is 3.89. The van der Waals surface area contributed by atoms with Crippen LogP contribution in [0.3, 0.4) is 0 Å². The lowest BCUT2D eigenvalue weighted by Crippen LogP contribution is -2.36. The van der Waals surface area contributed by atoms with Gasteiger partial charge in [-0.25, -0.2) is 4.79 Å². The van der Waals surface area contributed by atoms with E-state index in [4.69, 9.17) is 0 Å². The molecule has 24 heavy (non-hydrogen) atoms. The number of nitrogens with zero attached hydrogens (tertiary/aromatic N) is 4. The Bertz CT molecular complexity index is 868. The number of H-pyrrole nitrogens is 1. The average Bonchev–Trinajstić information content (AvgIpc) is 3.15. The van der Waals surface area contributed by atoms with E-state index in [1.54, 1.807) is 11.9 Å². The fraction of sp³-hybridized carbons (Fsp3) is 0.375. The number of benzene rings is 1. The van der Waals surface area contributed by atoms with Crippen LogP contribution in [0.2, 0.25) is 0 Å². The van der Waals surface area contributed by atoms with Crippen molar-refractivity contribution < 1.29 is 4.79 Å². The van der Waals surface area contributed by atoms with Crippen LogP contribution in [-0.2, 0) is 13.1 Å². The van der Waals surface area contributed by atoms with Gasteiger partial charge in [-0.15, -0.1) is 0 Å². The van der Waals surface area contributed by atoms with Gasteiger partial charge in [0.1, 0.15) is 11.0 Å². The number of aromatic nitrogens is 4. The number of nitrogens with one attached hydrogen (secondary N) is 2. The standard InChI is InChI=1S/C16H18N6OS/c1-22(9-10-2-5-13-15(6-10)21-24-20-13)16(23)17-8-12-7-14(19-18-12)11-3-4-11/h2,5-7,11H,3-4,8-9H2,1H3,(H,17,23)(H,18,19). The van der Waals surface area contributed by atoms with Crippen molar-refractivity contribution in [2.24, 2.45) is 0 Å². The van der Waals surface area contributed by atoms with E-state index in [1.807, 2.05) is 24.3 Å². The molecule has 0 atom stereocenters. The first kappa shape index (κ1) is 15.1. The van der Waals surface area contributed by atoms with Crippen molar-refractivity contribution >= 4 is 28.8 Å². The van der Waals surface area contributed by atoms with Crippen molar-refractivity contribution in [3.05, 3.63) is 41.2 Å². The minimum absolute atomic E-state index is 0.117. The first-order valence-electron chi connectivity index (χ1n) is 7.93. The molecule has 0 spiro atoms. The summed E-state index contributed by atoms with van der Waals surface area (Å²) in [4.78, 5) is 13.9. The molecule has 124 valence electrons. The number of hydrogen-bond acceptors (Lipinski definition) is 5. The summed E-state index contributed by atoms with van der Waals surface area (Å²) in [5.41, 5.74) is 4.84. The van der Waals surface area contributed by atoms with Gasteiger partial charge in [0.05, 0.1) is 29.7 Å². The number of amides is 2. The zero-order valence-corrected chi connectivity index (χ0v) is 14.1. The van der Waals surface area contributed by atoms with Gasteiger partial charge in [0, 0.05) is 19.5 Å². The number of urea groups is 1. The van der Waals surface area contributed by atoms with Crippen LogP contribution in [0.4, 0.5) is 4.79 Å². The highest BCUT2D eigenvalue weighted by atomic mass is 32.1. The predicted octanol–water partition coefficient (Wildman–Crippen LogP) is 2.63. The molecular weight excluding hydrogens is 324 g/mol. The fourth-order valence-corrected chi connectivity index (χ4v) is 3.15. The van der Waals surface area contributed by atoms with Crippen molar-refractivity contribution in [1.82, 2.24) is 29.2 Å². The second-order valence-electron chi connectivity index (χ2n) is 6.19. The van der Waals surface area contributed by atoms with Crippen molar-refractivity contribution in [2.75, 3.05) is 7.05 Å². The first-order chi connectivity index (χ1) is 11.7. The Morgan fingerprint density at radius 1 is 1.33 bits per heavy atom. The molecule has 4 rings (SSSR count). The van der Waals surface area contributed by atoms with Crippen LogP contribution < -0.4 is 5.32 Å². The van der Waals surface area contributed by atoms with E-state index >= 15 is 0 Å². The highest BCUT2D eigenvalue weighted by molar-refractivity contribution is 7.00.